The van der Waals surface area contributed by atoms with Crippen molar-refractivity contribution < 1.29 is 53.4 Å². The molecule has 11 nitrogen and oxygen atoms in total. The fraction of sp³-hybridized carbons (Fsp3) is 0.559. The molecule has 1 aromatic carbocycles. The number of ether oxygens (including phenoxy) is 5. The van der Waals surface area contributed by atoms with Gasteiger partial charge in [0.05, 0.1) is 6.10 Å². The molecule has 1 aliphatic heterocycles. The van der Waals surface area contributed by atoms with Gasteiger partial charge in [0, 0.05) is 26.3 Å². The number of carbonyl (C=O) groups excluding carboxylic acids is 3. The molecular formula is C34H48O11. The lowest BCUT2D eigenvalue weighted by Crippen LogP contribution is -2.62. The quantitative estimate of drug-likeness (QED) is 0.150. The Morgan fingerprint density at radius 2 is 1.58 bits per heavy atom. The largest absolute Gasteiger partial charge is 0.508 e. The molecule has 6 atom stereocenters. The van der Waals surface area contributed by atoms with Crippen molar-refractivity contribution in [3.05, 3.63) is 58.2 Å². The second-order valence-corrected chi connectivity index (χ2v) is 11.7. The molecule has 45 heavy (non-hydrogen) atoms. The molecule has 0 radical (unpaired) electrons. The molecule has 1 saturated heterocycles. The molecule has 0 saturated carbocycles. The van der Waals surface area contributed by atoms with Gasteiger partial charge in [-0.2, -0.15) is 0 Å². The predicted molar refractivity (Wildman–Crippen MR) is 166 cm³/mol. The van der Waals surface area contributed by atoms with Crippen LogP contribution in [0, 0.1) is 6.92 Å². The highest BCUT2D eigenvalue weighted by Gasteiger charge is 2.51. The molecule has 0 amide bonds. The maximum Gasteiger partial charge on any atom is 0.303 e. The Bertz CT molecular complexity index is 1270. The van der Waals surface area contributed by atoms with Crippen LogP contribution in [-0.4, -0.2) is 76.6 Å². The number of aryl methyl sites for hydroxylation is 1. The van der Waals surface area contributed by atoms with Crippen molar-refractivity contribution in [1.29, 1.82) is 0 Å². The van der Waals surface area contributed by atoms with E-state index in [0.717, 1.165) is 43.4 Å². The third-order valence-electron chi connectivity index (χ3n) is 7.05. The van der Waals surface area contributed by atoms with Gasteiger partial charge in [-0.3, -0.25) is 14.4 Å². The van der Waals surface area contributed by atoms with Crippen LogP contribution in [0.4, 0.5) is 0 Å². The van der Waals surface area contributed by atoms with Crippen molar-refractivity contribution in [2.75, 3.05) is 6.61 Å². The number of phenolic OH excluding ortho intramolecular Hbond substituents is 1. The summed E-state index contributed by atoms with van der Waals surface area (Å²) in [4.78, 5) is 35.3. The summed E-state index contributed by atoms with van der Waals surface area (Å²) in [6.45, 7) is 12.7. The van der Waals surface area contributed by atoms with Crippen LogP contribution in [0.1, 0.15) is 78.9 Å². The number of aliphatic hydroxyl groups excluding tert-OH is 2. The van der Waals surface area contributed by atoms with Crippen molar-refractivity contribution in [3.63, 3.8) is 0 Å². The SMILES string of the molecule is CC(=O)OC[C@H]1O[C@H](Oc2cc(C)c(O)cc2C/C=C(\C)CC/C=C(\C)CC(O)C=C(C)C)[C@@H](O)[C@H](OC(C)=O)[C@@H]1OC(C)=O. The first-order valence-electron chi connectivity index (χ1n) is 15.0. The van der Waals surface area contributed by atoms with Gasteiger partial charge in [-0.25, -0.2) is 0 Å². The van der Waals surface area contributed by atoms with Gasteiger partial charge in [0.25, 0.3) is 0 Å². The van der Waals surface area contributed by atoms with Crippen molar-refractivity contribution in [2.45, 2.75) is 118 Å². The number of hydrogen-bond acceptors (Lipinski definition) is 11. The average Bonchev–Trinajstić information content (AvgIpc) is 2.91. The number of benzene rings is 1. The molecule has 0 spiro atoms. The van der Waals surface area contributed by atoms with Gasteiger partial charge < -0.3 is 39.0 Å². The van der Waals surface area contributed by atoms with Crippen molar-refractivity contribution in [2.24, 2.45) is 0 Å². The molecule has 3 N–H and O–H groups in total. The molecular weight excluding hydrogens is 584 g/mol. The van der Waals surface area contributed by atoms with E-state index in [1.807, 2.05) is 39.8 Å². The summed E-state index contributed by atoms with van der Waals surface area (Å²) in [7, 11) is 0. The highest BCUT2D eigenvalue weighted by atomic mass is 16.7. The van der Waals surface area contributed by atoms with Gasteiger partial charge in [0.2, 0.25) is 6.29 Å². The molecule has 1 heterocycles. The smallest absolute Gasteiger partial charge is 0.303 e. The lowest BCUT2D eigenvalue weighted by atomic mass is 9.98. The number of allylic oxidation sites excluding steroid dienone is 4. The zero-order valence-electron chi connectivity index (χ0n) is 27.5. The van der Waals surface area contributed by atoms with Gasteiger partial charge in [0.1, 0.15) is 24.2 Å². The van der Waals surface area contributed by atoms with E-state index in [1.54, 1.807) is 19.1 Å². The lowest BCUT2D eigenvalue weighted by molar-refractivity contribution is -0.285. The maximum absolute atomic E-state index is 11.9. The number of phenols is 1. The summed E-state index contributed by atoms with van der Waals surface area (Å²) < 4.78 is 27.8. The standard InChI is InChI=1S/C34H48O11/c1-19(2)14-27(38)15-21(4)11-9-10-20(3)12-13-26-17-28(39)22(5)16-29(26)44-34-31(40)33(43-25(8)37)32(42-24(7)36)30(45-34)18-41-23(6)35/h11-12,14,16-17,27,30-34,38-40H,9-10,13,15,18H2,1-8H3/b20-12+,21-11+/t27?,30-,31+,32-,33+,34+/m1/s1. The van der Waals surface area contributed by atoms with E-state index in [2.05, 4.69) is 6.08 Å². The van der Waals surface area contributed by atoms with E-state index >= 15 is 0 Å². The van der Waals surface area contributed by atoms with Gasteiger partial charge in [-0.05, 0) is 78.0 Å². The normalized spacial score (nSPS) is 22.7. The van der Waals surface area contributed by atoms with Crippen LogP contribution in [-0.2, 0) is 39.8 Å². The summed E-state index contributed by atoms with van der Waals surface area (Å²) in [5.74, 6) is -1.70. The minimum absolute atomic E-state index is 0.0578. The number of aromatic hydroxyl groups is 1. The summed E-state index contributed by atoms with van der Waals surface area (Å²) >= 11 is 0. The van der Waals surface area contributed by atoms with E-state index in [0.29, 0.717) is 29.7 Å². The van der Waals surface area contributed by atoms with E-state index < -0.39 is 54.7 Å². The number of hydrogen-bond donors (Lipinski definition) is 3. The lowest BCUT2D eigenvalue weighted by Gasteiger charge is -2.42. The minimum Gasteiger partial charge on any atom is -0.508 e. The van der Waals surface area contributed by atoms with Gasteiger partial charge in [-0.15, -0.1) is 0 Å². The highest BCUT2D eigenvalue weighted by Crippen LogP contribution is 2.33. The zero-order valence-corrected chi connectivity index (χ0v) is 27.5. The monoisotopic (exact) mass is 632 g/mol. The van der Waals surface area contributed by atoms with Crippen LogP contribution >= 0.6 is 0 Å². The summed E-state index contributed by atoms with van der Waals surface area (Å²) in [5, 5.41) is 31.8. The minimum atomic E-state index is -1.59. The van der Waals surface area contributed by atoms with Crippen LogP contribution in [0.15, 0.2) is 47.1 Å². The molecule has 0 aliphatic carbocycles. The first kappa shape index (κ1) is 37.5. The zero-order chi connectivity index (χ0) is 33.8. The molecule has 11 heteroatoms. The Morgan fingerprint density at radius 3 is 2.18 bits per heavy atom. The van der Waals surface area contributed by atoms with Crippen molar-refractivity contribution >= 4 is 17.9 Å². The molecule has 1 aromatic rings. The highest BCUT2D eigenvalue weighted by molar-refractivity contribution is 5.68. The fourth-order valence-corrected chi connectivity index (χ4v) is 4.88. The van der Waals surface area contributed by atoms with Gasteiger partial charge in [0.15, 0.2) is 18.3 Å². The van der Waals surface area contributed by atoms with Crippen LogP contribution in [0.5, 0.6) is 11.5 Å². The third kappa shape index (κ3) is 12.7. The number of esters is 3. The Kier molecular flexibility index (Phi) is 14.8. The van der Waals surface area contributed by atoms with Gasteiger partial charge in [-0.1, -0.05) is 34.9 Å². The molecule has 1 fully saturated rings. The molecule has 1 unspecified atom stereocenters. The topological polar surface area (TPSA) is 158 Å². The molecule has 2 rings (SSSR count). The molecule has 1 aliphatic rings. The number of rotatable bonds is 14. The second kappa shape index (κ2) is 17.7. The van der Waals surface area contributed by atoms with Crippen molar-refractivity contribution in [3.8, 4) is 11.5 Å². The molecule has 0 aromatic heterocycles. The number of aliphatic hydroxyl groups is 2. The van der Waals surface area contributed by atoms with Crippen LogP contribution in [0.25, 0.3) is 0 Å². The van der Waals surface area contributed by atoms with E-state index in [9.17, 15) is 29.7 Å². The first-order chi connectivity index (χ1) is 21.1. The Balaban J connectivity index is 2.27. The summed E-state index contributed by atoms with van der Waals surface area (Å²) in [5.41, 5.74) is 4.40. The fourth-order valence-electron chi connectivity index (χ4n) is 4.88. The van der Waals surface area contributed by atoms with Crippen LogP contribution in [0.2, 0.25) is 0 Å². The van der Waals surface area contributed by atoms with Crippen LogP contribution < -0.4 is 4.74 Å². The Labute approximate surface area is 265 Å². The second-order valence-electron chi connectivity index (χ2n) is 11.7. The summed E-state index contributed by atoms with van der Waals surface area (Å²) in [6.07, 6.45) is 1.23. The summed E-state index contributed by atoms with van der Waals surface area (Å²) in [6, 6.07) is 3.17. The first-order valence-corrected chi connectivity index (χ1v) is 15.0. The molecule has 250 valence electrons. The van der Waals surface area contributed by atoms with Crippen molar-refractivity contribution in [1.82, 2.24) is 0 Å². The maximum atomic E-state index is 11.9. The van der Waals surface area contributed by atoms with E-state index in [4.69, 9.17) is 23.7 Å². The van der Waals surface area contributed by atoms with E-state index in [1.165, 1.54) is 6.92 Å². The van der Waals surface area contributed by atoms with Crippen LogP contribution in [0.3, 0.4) is 0 Å². The third-order valence-corrected chi connectivity index (χ3v) is 7.05. The number of carbonyl (C=O) groups is 3. The van der Waals surface area contributed by atoms with Gasteiger partial charge >= 0.3 is 17.9 Å². The van der Waals surface area contributed by atoms with E-state index in [-0.39, 0.29) is 12.4 Å². The predicted octanol–water partition coefficient (Wildman–Crippen LogP) is 4.52. The Morgan fingerprint density at radius 1 is 0.933 bits per heavy atom. The molecule has 0 bridgehead atoms. The average molecular weight is 633 g/mol. The Hall–Kier alpha value is -3.67.